The molecular weight excluding hydrogens is 364 g/mol. The van der Waals surface area contributed by atoms with Crippen LogP contribution in [0.1, 0.15) is 38.3 Å². The van der Waals surface area contributed by atoms with Crippen LogP contribution in [0.4, 0.5) is 11.5 Å². The Hall–Kier alpha value is -3.04. The first kappa shape index (κ1) is 19.7. The summed E-state index contributed by atoms with van der Waals surface area (Å²) in [6, 6.07) is 1.68. The molecule has 2 aromatic heterocycles. The number of piperidine rings is 1. The Morgan fingerprint density at radius 3 is 2.64 bits per heavy atom. The number of anilines is 1. The number of hydrogen-bond donors (Lipinski definition) is 0. The Balaban J connectivity index is 1.83. The highest BCUT2D eigenvalue weighted by Gasteiger charge is 2.32. The largest absolute Gasteiger partial charge is 0.415 e. The fraction of sp³-hybridized carbons (Fsp3) is 0.556. The lowest BCUT2D eigenvalue weighted by Crippen LogP contribution is -2.37. The lowest BCUT2D eigenvalue weighted by atomic mass is 9.90. The minimum absolute atomic E-state index is 0.0187. The van der Waals surface area contributed by atoms with Crippen molar-refractivity contribution in [1.82, 2.24) is 19.7 Å². The van der Waals surface area contributed by atoms with Crippen molar-refractivity contribution >= 4 is 17.3 Å². The average molecular weight is 388 g/mol. The van der Waals surface area contributed by atoms with Gasteiger partial charge in [0.05, 0.1) is 10.6 Å². The van der Waals surface area contributed by atoms with E-state index in [1.165, 1.54) is 11.0 Å². The lowest BCUT2D eigenvalue weighted by Gasteiger charge is -2.31. The van der Waals surface area contributed by atoms with Gasteiger partial charge in [0, 0.05) is 38.5 Å². The van der Waals surface area contributed by atoms with E-state index in [9.17, 15) is 14.9 Å². The van der Waals surface area contributed by atoms with Crippen molar-refractivity contribution in [3.8, 4) is 11.8 Å². The van der Waals surface area contributed by atoms with E-state index in [1.807, 2.05) is 11.8 Å². The molecule has 0 aliphatic carbocycles. The van der Waals surface area contributed by atoms with E-state index in [1.54, 1.807) is 20.0 Å². The second-order valence-corrected chi connectivity index (χ2v) is 6.94. The van der Waals surface area contributed by atoms with Gasteiger partial charge in [0.2, 0.25) is 11.7 Å². The first-order chi connectivity index (χ1) is 13.4. The molecule has 0 N–H and O–H groups in total. The van der Waals surface area contributed by atoms with E-state index in [-0.39, 0.29) is 29.1 Å². The highest BCUT2D eigenvalue weighted by molar-refractivity contribution is 5.81. The van der Waals surface area contributed by atoms with Gasteiger partial charge in [-0.1, -0.05) is 6.92 Å². The molecule has 0 radical (unpaired) electrons. The van der Waals surface area contributed by atoms with Crippen molar-refractivity contribution in [2.75, 3.05) is 18.0 Å². The maximum Gasteiger partial charge on any atom is 0.373 e. The highest BCUT2D eigenvalue weighted by atomic mass is 16.6. The molecule has 10 nitrogen and oxygen atoms in total. The zero-order chi connectivity index (χ0) is 20.3. The molecular formula is C18H24N6O4. The molecule has 0 atom stereocenters. The fourth-order valence-corrected chi connectivity index (χ4v) is 3.46. The van der Waals surface area contributed by atoms with Gasteiger partial charge in [0.1, 0.15) is 12.1 Å². The molecule has 0 saturated carbocycles. The van der Waals surface area contributed by atoms with Crippen molar-refractivity contribution in [3.63, 3.8) is 0 Å². The van der Waals surface area contributed by atoms with Crippen LogP contribution in [0.3, 0.4) is 0 Å². The van der Waals surface area contributed by atoms with Crippen molar-refractivity contribution in [2.24, 2.45) is 13.0 Å². The average Bonchev–Trinajstić information content (AvgIpc) is 2.98. The van der Waals surface area contributed by atoms with E-state index in [0.29, 0.717) is 38.2 Å². The summed E-state index contributed by atoms with van der Waals surface area (Å²) in [6.07, 6.45) is 4.01. The fourth-order valence-electron chi connectivity index (χ4n) is 3.46. The molecule has 0 bridgehead atoms. The smallest absolute Gasteiger partial charge is 0.373 e. The van der Waals surface area contributed by atoms with Gasteiger partial charge in [-0.25, -0.2) is 9.67 Å². The number of hydrogen-bond acceptors (Lipinski definition) is 8. The standard InChI is InChI=1S/C18H24N6O4/c1-4-5-14(25)13-6-8-23(9-7-13)17-16(24(26)27)18(20-11-19-17)28-15-10-12(2)21-22(15)3/h10-11,13H,4-9H2,1-3H3. The summed E-state index contributed by atoms with van der Waals surface area (Å²) in [5.74, 6) is 0.742. The number of carbonyl (C=O) groups is 1. The van der Waals surface area contributed by atoms with Crippen LogP contribution in [0.5, 0.6) is 11.8 Å². The molecule has 28 heavy (non-hydrogen) atoms. The molecule has 0 unspecified atom stereocenters. The van der Waals surface area contributed by atoms with Crippen LogP contribution in [0.2, 0.25) is 0 Å². The maximum absolute atomic E-state index is 12.1. The van der Waals surface area contributed by atoms with Gasteiger partial charge in [-0.2, -0.15) is 10.1 Å². The Bertz CT molecular complexity index is 873. The quantitative estimate of drug-likeness (QED) is 0.525. The molecule has 1 aliphatic heterocycles. The van der Waals surface area contributed by atoms with Gasteiger partial charge in [0.25, 0.3) is 0 Å². The summed E-state index contributed by atoms with van der Waals surface area (Å²) in [6.45, 7) is 4.85. The molecule has 3 heterocycles. The van der Waals surface area contributed by atoms with Crippen molar-refractivity contribution in [3.05, 3.63) is 28.2 Å². The molecule has 2 aromatic rings. The van der Waals surface area contributed by atoms with Crippen LogP contribution in [0, 0.1) is 23.0 Å². The summed E-state index contributed by atoms with van der Waals surface area (Å²) in [5, 5.41) is 15.9. The molecule has 3 rings (SSSR count). The zero-order valence-corrected chi connectivity index (χ0v) is 16.3. The van der Waals surface area contributed by atoms with Gasteiger partial charge in [-0.05, 0) is 26.2 Å². The van der Waals surface area contributed by atoms with Crippen LogP contribution in [0.25, 0.3) is 0 Å². The number of ketones is 1. The zero-order valence-electron chi connectivity index (χ0n) is 16.3. The van der Waals surface area contributed by atoms with E-state index >= 15 is 0 Å². The maximum atomic E-state index is 12.1. The molecule has 0 aromatic carbocycles. The summed E-state index contributed by atoms with van der Waals surface area (Å²) >= 11 is 0. The summed E-state index contributed by atoms with van der Waals surface area (Å²) in [4.78, 5) is 33.3. The molecule has 1 aliphatic rings. The van der Waals surface area contributed by atoms with E-state index in [2.05, 4.69) is 15.1 Å². The predicted molar refractivity (Wildman–Crippen MR) is 102 cm³/mol. The highest BCUT2D eigenvalue weighted by Crippen LogP contribution is 2.37. The van der Waals surface area contributed by atoms with Crippen molar-refractivity contribution in [1.29, 1.82) is 0 Å². The van der Waals surface area contributed by atoms with Crippen LogP contribution in [-0.4, -0.2) is 43.5 Å². The van der Waals surface area contributed by atoms with E-state index in [4.69, 9.17) is 4.74 Å². The van der Waals surface area contributed by atoms with Crippen LogP contribution < -0.4 is 9.64 Å². The molecule has 10 heteroatoms. The van der Waals surface area contributed by atoms with Crippen LogP contribution in [-0.2, 0) is 11.8 Å². The first-order valence-corrected chi connectivity index (χ1v) is 9.36. The van der Waals surface area contributed by atoms with Crippen LogP contribution >= 0.6 is 0 Å². The van der Waals surface area contributed by atoms with Gasteiger partial charge >= 0.3 is 11.6 Å². The summed E-state index contributed by atoms with van der Waals surface area (Å²) in [5.41, 5.74) is 0.452. The topological polar surface area (TPSA) is 116 Å². The number of nitro groups is 1. The number of aryl methyl sites for hydroxylation is 2. The van der Waals surface area contributed by atoms with Gasteiger partial charge < -0.3 is 9.64 Å². The summed E-state index contributed by atoms with van der Waals surface area (Å²) in [7, 11) is 1.69. The molecule has 150 valence electrons. The van der Waals surface area contributed by atoms with Crippen molar-refractivity contribution in [2.45, 2.75) is 39.5 Å². The number of aromatic nitrogens is 4. The number of rotatable bonds is 7. The van der Waals surface area contributed by atoms with Gasteiger partial charge in [-0.3, -0.25) is 14.9 Å². The van der Waals surface area contributed by atoms with E-state index < -0.39 is 4.92 Å². The second-order valence-electron chi connectivity index (χ2n) is 6.94. The number of Topliss-reactive ketones (excluding diaryl/α,β-unsaturated/α-hetero) is 1. The molecule has 1 saturated heterocycles. The molecule has 1 fully saturated rings. The minimum Gasteiger partial charge on any atom is -0.415 e. The lowest BCUT2D eigenvalue weighted by molar-refractivity contribution is -0.385. The Morgan fingerprint density at radius 2 is 2.07 bits per heavy atom. The Labute approximate surface area is 162 Å². The van der Waals surface area contributed by atoms with Crippen LogP contribution in [0.15, 0.2) is 12.4 Å². The van der Waals surface area contributed by atoms with E-state index in [0.717, 1.165) is 12.1 Å². The third-order valence-electron chi connectivity index (χ3n) is 4.86. The van der Waals surface area contributed by atoms with Crippen molar-refractivity contribution < 1.29 is 14.5 Å². The SMILES string of the molecule is CCCC(=O)C1CCN(c2ncnc(Oc3cc(C)nn3C)c2[N+](=O)[O-])CC1. The Morgan fingerprint density at radius 1 is 1.36 bits per heavy atom. The number of carbonyl (C=O) groups excluding carboxylic acids is 1. The predicted octanol–water partition coefficient (Wildman–Crippen LogP) is 2.80. The van der Waals surface area contributed by atoms with Gasteiger partial charge in [-0.15, -0.1) is 0 Å². The monoisotopic (exact) mass is 388 g/mol. The third kappa shape index (κ3) is 4.10. The van der Waals surface area contributed by atoms with Gasteiger partial charge in [0.15, 0.2) is 0 Å². The Kier molecular flexibility index (Phi) is 5.86. The number of ether oxygens (including phenoxy) is 1. The minimum atomic E-state index is -0.526. The first-order valence-electron chi connectivity index (χ1n) is 9.36. The molecule has 0 amide bonds. The normalized spacial score (nSPS) is 14.9. The second kappa shape index (κ2) is 8.32. The molecule has 0 spiro atoms. The third-order valence-corrected chi connectivity index (χ3v) is 4.86. The summed E-state index contributed by atoms with van der Waals surface area (Å²) < 4.78 is 7.16. The number of nitrogens with zero attached hydrogens (tertiary/aromatic N) is 6.